The molecular formula is C12H17ClN2O. The van der Waals surface area contributed by atoms with E-state index in [1.165, 1.54) is 0 Å². The van der Waals surface area contributed by atoms with Gasteiger partial charge in [0.1, 0.15) is 0 Å². The van der Waals surface area contributed by atoms with Gasteiger partial charge < -0.3 is 10.6 Å². The molecule has 0 spiro atoms. The van der Waals surface area contributed by atoms with E-state index >= 15 is 0 Å². The molecule has 0 unspecified atom stereocenters. The maximum Gasteiger partial charge on any atom is 0.315 e. The number of hydrogen-bond acceptors (Lipinski definition) is 1. The molecular weight excluding hydrogens is 224 g/mol. The largest absolute Gasteiger partial charge is 0.336 e. The summed E-state index contributed by atoms with van der Waals surface area (Å²) in [6, 6.07) is 7.33. The summed E-state index contributed by atoms with van der Waals surface area (Å²) in [7, 11) is 0. The van der Waals surface area contributed by atoms with Crippen LogP contribution in [0.3, 0.4) is 0 Å². The fourth-order valence-electron chi connectivity index (χ4n) is 1.40. The monoisotopic (exact) mass is 240 g/mol. The predicted octanol–water partition coefficient (Wildman–Crippen LogP) is 3.11. The van der Waals surface area contributed by atoms with Gasteiger partial charge in [-0.15, -0.1) is 0 Å². The van der Waals surface area contributed by atoms with Crippen molar-refractivity contribution in [1.29, 1.82) is 0 Å². The molecule has 0 aliphatic carbocycles. The summed E-state index contributed by atoms with van der Waals surface area (Å²) in [5, 5.41) is 6.27. The molecule has 0 bridgehead atoms. The Morgan fingerprint density at radius 2 is 1.81 bits per heavy atom. The molecule has 16 heavy (non-hydrogen) atoms. The normalized spacial score (nSPS) is 12.3. The Balaban J connectivity index is 2.62. The van der Waals surface area contributed by atoms with Crippen LogP contribution in [0, 0.1) is 0 Å². The predicted molar refractivity (Wildman–Crippen MR) is 66.7 cm³/mol. The average Bonchev–Trinajstić information content (AvgIpc) is 2.16. The Morgan fingerprint density at radius 1 is 1.19 bits per heavy atom. The lowest BCUT2D eigenvalue weighted by molar-refractivity contribution is 0.235. The van der Waals surface area contributed by atoms with Crippen molar-refractivity contribution in [1.82, 2.24) is 10.6 Å². The summed E-state index contributed by atoms with van der Waals surface area (Å²) >= 11 is 6.04. The highest BCUT2D eigenvalue weighted by Gasteiger charge is 2.12. The van der Waals surface area contributed by atoms with Crippen LogP contribution in [0.5, 0.6) is 0 Å². The lowest BCUT2D eigenvalue weighted by atomic mass is 10.1. The van der Waals surface area contributed by atoms with Crippen molar-refractivity contribution in [2.75, 3.05) is 0 Å². The van der Waals surface area contributed by atoms with E-state index in [1.807, 2.05) is 45.0 Å². The van der Waals surface area contributed by atoms with Crippen molar-refractivity contribution in [3.63, 3.8) is 0 Å². The zero-order chi connectivity index (χ0) is 12.1. The molecule has 2 amide bonds. The van der Waals surface area contributed by atoms with Crippen LogP contribution in [-0.2, 0) is 0 Å². The molecule has 4 heteroatoms. The summed E-state index contributed by atoms with van der Waals surface area (Å²) in [5.74, 6) is 0. The second-order valence-corrected chi connectivity index (χ2v) is 4.42. The van der Waals surface area contributed by atoms with E-state index in [0.717, 1.165) is 5.56 Å². The molecule has 0 heterocycles. The number of rotatable bonds is 3. The Morgan fingerprint density at radius 3 is 2.38 bits per heavy atom. The van der Waals surface area contributed by atoms with Crippen molar-refractivity contribution in [3.05, 3.63) is 34.9 Å². The second kappa shape index (κ2) is 5.75. The van der Waals surface area contributed by atoms with E-state index in [0.29, 0.717) is 5.02 Å². The molecule has 1 aromatic carbocycles. The average molecular weight is 241 g/mol. The van der Waals surface area contributed by atoms with Gasteiger partial charge >= 0.3 is 6.03 Å². The number of carbonyl (C=O) groups is 1. The van der Waals surface area contributed by atoms with Crippen LogP contribution in [0.15, 0.2) is 24.3 Å². The standard InChI is InChI=1S/C12H17ClN2O/c1-8(2)14-12(16)15-9(3)10-6-4-5-7-11(10)13/h4-9H,1-3H3,(H2,14,15,16)/t9-/m0/s1. The smallest absolute Gasteiger partial charge is 0.315 e. The Kier molecular flexibility index (Phi) is 4.62. The van der Waals surface area contributed by atoms with E-state index in [1.54, 1.807) is 0 Å². The fourth-order valence-corrected chi connectivity index (χ4v) is 1.70. The van der Waals surface area contributed by atoms with Crippen molar-refractivity contribution in [3.8, 4) is 0 Å². The third-order valence-electron chi connectivity index (χ3n) is 2.14. The van der Waals surface area contributed by atoms with Gasteiger partial charge in [0.2, 0.25) is 0 Å². The molecule has 0 aromatic heterocycles. The van der Waals surface area contributed by atoms with Crippen LogP contribution in [0.25, 0.3) is 0 Å². The van der Waals surface area contributed by atoms with E-state index in [4.69, 9.17) is 11.6 Å². The first-order chi connectivity index (χ1) is 7.50. The summed E-state index contributed by atoms with van der Waals surface area (Å²) < 4.78 is 0. The SMILES string of the molecule is CC(C)NC(=O)N[C@@H](C)c1ccccc1Cl. The van der Waals surface area contributed by atoms with Crippen molar-refractivity contribution < 1.29 is 4.79 Å². The Hall–Kier alpha value is -1.22. The first-order valence-corrected chi connectivity index (χ1v) is 5.70. The molecule has 0 saturated heterocycles. The van der Waals surface area contributed by atoms with Crippen LogP contribution in [0.1, 0.15) is 32.4 Å². The maximum absolute atomic E-state index is 11.5. The summed E-state index contributed by atoms with van der Waals surface area (Å²) in [5.41, 5.74) is 0.920. The summed E-state index contributed by atoms with van der Waals surface area (Å²) in [6.07, 6.45) is 0. The van der Waals surface area contributed by atoms with Gasteiger partial charge in [0.25, 0.3) is 0 Å². The number of benzene rings is 1. The molecule has 0 fully saturated rings. The van der Waals surface area contributed by atoms with Crippen LogP contribution in [-0.4, -0.2) is 12.1 Å². The van der Waals surface area contributed by atoms with E-state index in [9.17, 15) is 4.79 Å². The number of halogens is 1. The lowest BCUT2D eigenvalue weighted by Crippen LogP contribution is -2.40. The van der Waals surface area contributed by atoms with Gasteiger partial charge in [-0.3, -0.25) is 0 Å². The van der Waals surface area contributed by atoms with E-state index < -0.39 is 0 Å². The molecule has 88 valence electrons. The first-order valence-electron chi connectivity index (χ1n) is 5.32. The molecule has 0 saturated carbocycles. The zero-order valence-corrected chi connectivity index (χ0v) is 10.5. The van der Waals surface area contributed by atoms with Crippen molar-refractivity contribution in [2.45, 2.75) is 32.9 Å². The van der Waals surface area contributed by atoms with Crippen LogP contribution in [0.4, 0.5) is 4.79 Å². The maximum atomic E-state index is 11.5. The molecule has 3 nitrogen and oxygen atoms in total. The fraction of sp³-hybridized carbons (Fsp3) is 0.417. The highest BCUT2D eigenvalue weighted by Crippen LogP contribution is 2.21. The number of amides is 2. The molecule has 0 aliphatic heterocycles. The molecule has 1 rings (SSSR count). The van der Waals surface area contributed by atoms with Gasteiger partial charge in [-0.1, -0.05) is 29.8 Å². The zero-order valence-electron chi connectivity index (χ0n) is 9.75. The number of urea groups is 1. The molecule has 1 aromatic rings. The van der Waals surface area contributed by atoms with Gasteiger partial charge in [0, 0.05) is 11.1 Å². The van der Waals surface area contributed by atoms with Gasteiger partial charge in [0.05, 0.1) is 6.04 Å². The minimum atomic E-state index is -0.178. The third-order valence-corrected chi connectivity index (χ3v) is 2.48. The quantitative estimate of drug-likeness (QED) is 0.838. The van der Waals surface area contributed by atoms with Crippen LogP contribution in [0.2, 0.25) is 5.02 Å². The van der Waals surface area contributed by atoms with Gasteiger partial charge in [-0.05, 0) is 32.4 Å². The molecule has 2 N–H and O–H groups in total. The van der Waals surface area contributed by atoms with Crippen molar-refractivity contribution in [2.24, 2.45) is 0 Å². The third kappa shape index (κ3) is 3.74. The molecule has 0 radical (unpaired) electrons. The van der Waals surface area contributed by atoms with Gasteiger partial charge in [0.15, 0.2) is 0 Å². The van der Waals surface area contributed by atoms with Gasteiger partial charge in [-0.2, -0.15) is 0 Å². The summed E-state index contributed by atoms with van der Waals surface area (Å²) in [6.45, 7) is 5.74. The van der Waals surface area contributed by atoms with E-state index in [-0.39, 0.29) is 18.1 Å². The van der Waals surface area contributed by atoms with Crippen LogP contribution >= 0.6 is 11.6 Å². The molecule has 1 atom stereocenters. The van der Waals surface area contributed by atoms with Crippen molar-refractivity contribution >= 4 is 17.6 Å². The summed E-state index contributed by atoms with van der Waals surface area (Å²) in [4.78, 5) is 11.5. The Labute approximate surface area is 101 Å². The van der Waals surface area contributed by atoms with Crippen LogP contribution < -0.4 is 10.6 Å². The minimum Gasteiger partial charge on any atom is -0.336 e. The highest BCUT2D eigenvalue weighted by molar-refractivity contribution is 6.31. The number of carbonyl (C=O) groups excluding carboxylic acids is 1. The van der Waals surface area contributed by atoms with Gasteiger partial charge in [-0.25, -0.2) is 4.79 Å². The Bertz CT molecular complexity index is 366. The number of nitrogens with one attached hydrogen (secondary N) is 2. The molecule has 0 aliphatic rings. The number of hydrogen-bond donors (Lipinski definition) is 2. The second-order valence-electron chi connectivity index (χ2n) is 4.02. The van der Waals surface area contributed by atoms with E-state index in [2.05, 4.69) is 10.6 Å². The topological polar surface area (TPSA) is 41.1 Å². The highest BCUT2D eigenvalue weighted by atomic mass is 35.5. The lowest BCUT2D eigenvalue weighted by Gasteiger charge is -2.17. The minimum absolute atomic E-state index is 0.104. The first kappa shape index (κ1) is 12.8.